The number of likely N-dealkylation sites (tertiary alicyclic amines) is 1. The number of fused-ring (bicyclic) bond motifs is 1. The van der Waals surface area contributed by atoms with Crippen LogP contribution < -0.4 is 11.1 Å². The Morgan fingerprint density at radius 1 is 1.17 bits per heavy atom. The Morgan fingerprint density at radius 2 is 1.98 bits per heavy atom. The number of rotatable bonds is 5. The summed E-state index contributed by atoms with van der Waals surface area (Å²) >= 11 is 0. The van der Waals surface area contributed by atoms with Crippen LogP contribution in [0.15, 0.2) is 48.8 Å². The van der Waals surface area contributed by atoms with Gasteiger partial charge in [0.05, 0.1) is 16.9 Å². The Morgan fingerprint density at radius 3 is 2.66 bits per heavy atom. The summed E-state index contributed by atoms with van der Waals surface area (Å²) in [5.41, 5.74) is 10.9. The molecule has 5 rings (SSSR count). The topological polar surface area (TPSA) is 128 Å². The fourth-order valence-corrected chi connectivity index (χ4v) is 5.31. The number of amides is 2. The first-order valence-corrected chi connectivity index (χ1v) is 14.0. The average Bonchev–Trinajstić information content (AvgIpc) is 3.34. The number of nitrogens with one attached hydrogen (secondary N) is 1. The van der Waals surface area contributed by atoms with Gasteiger partial charge in [-0.15, -0.1) is 0 Å². The van der Waals surface area contributed by atoms with Gasteiger partial charge in [0.25, 0.3) is 5.91 Å². The maximum atomic E-state index is 12.9. The third-order valence-electron chi connectivity index (χ3n) is 7.26. The third kappa shape index (κ3) is 5.86. The van der Waals surface area contributed by atoms with Crippen molar-refractivity contribution in [3.63, 3.8) is 0 Å². The lowest BCUT2D eigenvalue weighted by atomic mass is 9.99. The van der Waals surface area contributed by atoms with Crippen molar-refractivity contribution in [3.8, 4) is 11.3 Å². The summed E-state index contributed by atoms with van der Waals surface area (Å²) in [7, 11) is 0. The number of hydrogen-bond donors (Lipinski definition) is 2. The normalized spacial score (nSPS) is 15.6. The van der Waals surface area contributed by atoms with E-state index in [9.17, 15) is 9.59 Å². The summed E-state index contributed by atoms with van der Waals surface area (Å²) in [6.07, 6.45) is 5.59. The van der Waals surface area contributed by atoms with Crippen molar-refractivity contribution < 1.29 is 14.3 Å². The predicted octanol–water partition coefficient (Wildman–Crippen LogP) is 5.77. The molecule has 3 N–H and O–H groups in total. The zero-order chi connectivity index (χ0) is 29.3. The van der Waals surface area contributed by atoms with Crippen molar-refractivity contribution >= 4 is 34.5 Å². The minimum atomic E-state index is -0.566. The lowest BCUT2D eigenvalue weighted by Crippen LogP contribution is -2.43. The Labute approximate surface area is 239 Å². The second kappa shape index (κ2) is 11.2. The molecule has 1 saturated heterocycles. The molecule has 10 heteroatoms. The molecule has 0 unspecified atom stereocenters. The molecule has 4 aromatic rings. The van der Waals surface area contributed by atoms with Gasteiger partial charge >= 0.3 is 6.09 Å². The smallest absolute Gasteiger partial charge is 0.410 e. The maximum Gasteiger partial charge on any atom is 0.410 e. The van der Waals surface area contributed by atoms with Crippen LogP contribution in [-0.2, 0) is 11.2 Å². The van der Waals surface area contributed by atoms with Crippen LogP contribution >= 0.6 is 0 Å². The summed E-state index contributed by atoms with van der Waals surface area (Å²) in [6, 6.07) is 10.8. The number of nitrogen functional groups attached to an aromatic ring is 1. The van der Waals surface area contributed by atoms with Gasteiger partial charge in [0.15, 0.2) is 0 Å². The van der Waals surface area contributed by atoms with Crippen molar-refractivity contribution in [1.82, 2.24) is 24.6 Å². The molecule has 10 nitrogen and oxygen atoms in total. The number of benzene rings is 1. The second-order valence-electron chi connectivity index (χ2n) is 11.5. The monoisotopic (exact) mass is 555 g/mol. The van der Waals surface area contributed by atoms with Crippen molar-refractivity contribution in [1.29, 1.82) is 0 Å². The molecule has 1 fully saturated rings. The number of aryl methyl sites for hydroxylation is 2. The molecular formula is C31H37N7O3. The standard InChI is InChI=1S/C31H37N7O3/c1-6-20-17-34-28(32)25-26(23-13-12-21(16-19(23)2)29(39)35-24-11-7-8-14-33-24)36-38(27(20)25)22-10-9-15-37(18-22)30(40)41-31(3,4)5/h7-8,11-14,16-17,22H,6,9-10,15,18H2,1-5H3,(H2,32,34)(H,33,35,39)/t22-/m1/s1. The molecule has 1 aliphatic heterocycles. The Kier molecular flexibility index (Phi) is 7.66. The number of aromatic nitrogens is 4. The summed E-state index contributed by atoms with van der Waals surface area (Å²) in [5, 5.41) is 8.75. The fourth-order valence-electron chi connectivity index (χ4n) is 5.31. The van der Waals surface area contributed by atoms with Crippen molar-refractivity contribution in [2.45, 2.75) is 65.5 Å². The van der Waals surface area contributed by atoms with Crippen LogP contribution in [0.25, 0.3) is 22.2 Å². The van der Waals surface area contributed by atoms with Crippen LogP contribution in [0.5, 0.6) is 0 Å². The minimum Gasteiger partial charge on any atom is -0.444 e. The molecule has 2 amide bonds. The van der Waals surface area contributed by atoms with E-state index in [0.29, 0.717) is 36.0 Å². The highest BCUT2D eigenvalue weighted by Gasteiger charge is 2.31. The summed E-state index contributed by atoms with van der Waals surface area (Å²) in [4.78, 5) is 36.3. The van der Waals surface area contributed by atoms with E-state index in [2.05, 4.69) is 22.2 Å². The molecule has 41 heavy (non-hydrogen) atoms. The van der Waals surface area contributed by atoms with Crippen LogP contribution in [0.4, 0.5) is 16.4 Å². The molecule has 3 aromatic heterocycles. The SMILES string of the molecule is CCc1cnc(N)c2c(-c3ccc(C(=O)Nc4ccccn4)cc3C)nn([C@@H]3CCCN(C(=O)OC(C)(C)C)C3)c12. The first-order chi connectivity index (χ1) is 19.6. The van der Waals surface area contributed by atoms with Crippen LogP contribution in [-0.4, -0.2) is 55.3 Å². The summed E-state index contributed by atoms with van der Waals surface area (Å²) in [6.45, 7) is 10.8. The van der Waals surface area contributed by atoms with E-state index >= 15 is 0 Å². The highest BCUT2D eigenvalue weighted by atomic mass is 16.6. The van der Waals surface area contributed by atoms with Gasteiger partial charge in [-0.3, -0.25) is 9.48 Å². The number of hydrogen-bond acceptors (Lipinski definition) is 7. The number of nitrogens with two attached hydrogens (primary N) is 1. The molecular weight excluding hydrogens is 518 g/mol. The molecule has 0 bridgehead atoms. The molecule has 0 saturated carbocycles. The number of pyridine rings is 2. The van der Waals surface area contributed by atoms with E-state index in [1.807, 2.05) is 56.8 Å². The van der Waals surface area contributed by atoms with Crippen molar-refractivity contribution in [2.75, 3.05) is 24.1 Å². The molecule has 0 spiro atoms. The van der Waals surface area contributed by atoms with Gasteiger partial charge in [0.2, 0.25) is 0 Å². The fraction of sp³-hybridized carbons (Fsp3) is 0.387. The Bertz CT molecular complexity index is 1590. The molecule has 4 heterocycles. The van der Waals surface area contributed by atoms with E-state index in [1.54, 1.807) is 29.3 Å². The lowest BCUT2D eigenvalue weighted by molar-refractivity contribution is 0.0169. The van der Waals surface area contributed by atoms with Gasteiger partial charge in [-0.2, -0.15) is 5.10 Å². The van der Waals surface area contributed by atoms with E-state index in [-0.39, 0.29) is 18.0 Å². The molecule has 0 radical (unpaired) electrons. The van der Waals surface area contributed by atoms with Crippen LogP contribution in [0.2, 0.25) is 0 Å². The van der Waals surface area contributed by atoms with Crippen LogP contribution in [0.1, 0.15) is 68.1 Å². The summed E-state index contributed by atoms with van der Waals surface area (Å²) < 4.78 is 7.69. The molecule has 1 aromatic carbocycles. The van der Waals surface area contributed by atoms with Gasteiger partial charge in [-0.05, 0) is 82.3 Å². The Hall–Kier alpha value is -4.47. The zero-order valence-electron chi connectivity index (χ0n) is 24.3. The molecule has 1 aliphatic rings. The van der Waals surface area contributed by atoms with Crippen LogP contribution in [0, 0.1) is 6.92 Å². The lowest BCUT2D eigenvalue weighted by Gasteiger charge is -2.34. The minimum absolute atomic E-state index is 0.0525. The Balaban J connectivity index is 1.53. The summed E-state index contributed by atoms with van der Waals surface area (Å²) in [5.74, 6) is 0.644. The number of piperidine rings is 1. The molecule has 214 valence electrons. The zero-order valence-corrected chi connectivity index (χ0v) is 24.3. The third-order valence-corrected chi connectivity index (χ3v) is 7.26. The second-order valence-corrected chi connectivity index (χ2v) is 11.5. The predicted molar refractivity (Wildman–Crippen MR) is 160 cm³/mol. The van der Waals surface area contributed by atoms with Gasteiger partial charge < -0.3 is 20.7 Å². The number of carbonyl (C=O) groups excluding carboxylic acids is 2. The number of carbonyl (C=O) groups is 2. The van der Waals surface area contributed by atoms with E-state index in [0.717, 1.165) is 46.9 Å². The molecule has 0 aliphatic carbocycles. The van der Waals surface area contributed by atoms with Gasteiger partial charge in [-0.1, -0.05) is 19.1 Å². The first kappa shape index (κ1) is 28.1. The number of anilines is 2. The maximum absolute atomic E-state index is 12.9. The quantitative estimate of drug-likeness (QED) is 0.320. The van der Waals surface area contributed by atoms with Gasteiger partial charge in [0, 0.05) is 36.6 Å². The van der Waals surface area contributed by atoms with Gasteiger partial charge in [-0.25, -0.2) is 14.8 Å². The average molecular weight is 556 g/mol. The van der Waals surface area contributed by atoms with E-state index in [4.69, 9.17) is 15.6 Å². The van der Waals surface area contributed by atoms with Crippen molar-refractivity contribution in [3.05, 3.63) is 65.5 Å². The van der Waals surface area contributed by atoms with Gasteiger partial charge in [0.1, 0.15) is 22.9 Å². The first-order valence-electron chi connectivity index (χ1n) is 14.0. The van der Waals surface area contributed by atoms with E-state index in [1.165, 1.54) is 0 Å². The largest absolute Gasteiger partial charge is 0.444 e. The highest BCUT2D eigenvalue weighted by molar-refractivity contribution is 6.05. The molecule has 1 atom stereocenters. The number of ether oxygens (including phenoxy) is 1. The van der Waals surface area contributed by atoms with Crippen LogP contribution in [0.3, 0.4) is 0 Å². The highest BCUT2D eigenvalue weighted by Crippen LogP contribution is 2.38. The van der Waals surface area contributed by atoms with Crippen molar-refractivity contribution in [2.24, 2.45) is 0 Å². The number of nitrogens with zero attached hydrogens (tertiary/aromatic N) is 5. The van der Waals surface area contributed by atoms with E-state index < -0.39 is 5.60 Å².